The van der Waals surface area contributed by atoms with Crippen molar-refractivity contribution in [3.8, 4) is 5.75 Å². The van der Waals surface area contributed by atoms with Gasteiger partial charge in [-0.25, -0.2) is 4.39 Å². The van der Waals surface area contributed by atoms with Crippen LogP contribution in [0.15, 0.2) is 41.4 Å². The number of hydrogen-bond acceptors (Lipinski definition) is 4. The lowest BCUT2D eigenvalue weighted by atomic mass is 10.2. The molecule has 1 amide bonds. The molecule has 142 valence electrons. The fourth-order valence-corrected chi connectivity index (χ4v) is 4.27. The van der Waals surface area contributed by atoms with E-state index in [1.54, 1.807) is 30.3 Å². The van der Waals surface area contributed by atoms with Crippen molar-refractivity contribution in [2.45, 2.75) is 5.75 Å². The van der Waals surface area contributed by atoms with Crippen LogP contribution in [0.2, 0.25) is 15.1 Å². The SMILES string of the molecule is O=C(COc1ccc(Cl)cc1Cl)N1CCN=C1SCc1c(F)cccc1Cl. The third-order valence-electron chi connectivity index (χ3n) is 3.75. The first-order valence-electron chi connectivity index (χ1n) is 7.94. The second-order valence-corrected chi connectivity index (χ2v) is 7.76. The van der Waals surface area contributed by atoms with Crippen molar-refractivity contribution in [2.24, 2.45) is 4.99 Å². The van der Waals surface area contributed by atoms with E-state index in [1.165, 1.54) is 22.7 Å². The summed E-state index contributed by atoms with van der Waals surface area (Å²) in [6, 6.07) is 9.30. The molecular formula is C18H14Cl3FN2O2S. The third-order valence-corrected chi connectivity index (χ3v) is 5.68. The van der Waals surface area contributed by atoms with Gasteiger partial charge in [0.1, 0.15) is 11.6 Å². The van der Waals surface area contributed by atoms with Crippen LogP contribution in [0.5, 0.6) is 5.75 Å². The average Bonchev–Trinajstić information content (AvgIpc) is 3.09. The minimum absolute atomic E-state index is 0.193. The van der Waals surface area contributed by atoms with Gasteiger partial charge in [-0.3, -0.25) is 14.7 Å². The van der Waals surface area contributed by atoms with Gasteiger partial charge in [0, 0.05) is 27.9 Å². The first-order valence-corrected chi connectivity index (χ1v) is 10.1. The Morgan fingerprint density at radius 1 is 1.22 bits per heavy atom. The number of hydrogen-bond donors (Lipinski definition) is 0. The van der Waals surface area contributed by atoms with E-state index in [0.29, 0.717) is 44.6 Å². The highest BCUT2D eigenvalue weighted by molar-refractivity contribution is 8.13. The number of halogens is 4. The Morgan fingerprint density at radius 3 is 2.78 bits per heavy atom. The minimum atomic E-state index is -0.382. The predicted molar refractivity (Wildman–Crippen MR) is 109 cm³/mol. The molecule has 0 aliphatic carbocycles. The van der Waals surface area contributed by atoms with Crippen LogP contribution in [0.3, 0.4) is 0 Å². The molecule has 0 fully saturated rings. The van der Waals surface area contributed by atoms with Gasteiger partial charge in [-0.2, -0.15) is 0 Å². The van der Waals surface area contributed by atoms with Gasteiger partial charge >= 0.3 is 0 Å². The Bertz CT molecular complexity index is 875. The van der Waals surface area contributed by atoms with Crippen LogP contribution >= 0.6 is 46.6 Å². The molecule has 0 saturated carbocycles. The van der Waals surface area contributed by atoms with E-state index in [9.17, 15) is 9.18 Å². The molecule has 0 spiro atoms. The molecular weight excluding hydrogens is 434 g/mol. The van der Waals surface area contributed by atoms with Crippen molar-refractivity contribution >= 4 is 57.6 Å². The largest absolute Gasteiger partial charge is 0.482 e. The lowest BCUT2D eigenvalue weighted by molar-refractivity contribution is -0.128. The lowest BCUT2D eigenvalue weighted by Gasteiger charge is -2.18. The second-order valence-electron chi connectivity index (χ2n) is 5.56. The number of thioether (sulfide) groups is 1. The Labute approximate surface area is 175 Å². The van der Waals surface area contributed by atoms with E-state index >= 15 is 0 Å². The normalized spacial score (nSPS) is 13.6. The highest BCUT2D eigenvalue weighted by Gasteiger charge is 2.25. The average molecular weight is 448 g/mol. The summed E-state index contributed by atoms with van der Waals surface area (Å²) in [7, 11) is 0. The fourth-order valence-electron chi connectivity index (χ4n) is 2.40. The summed E-state index contributed by atoms with van der Waals surface area (Å²) in [5, 5.41) is 1.68. The second kappa shape index (κ2) is 9.15. The smallest absolute Gasteiger partial charge is 0.266 e. The van der Waals surface area contributed by atoms with Crippen LogP contribution in [0.25, 0.3) is 0 Å². The van der Waals surface area contributed by atoms with Gasteiger partial charge in [0.2, 0.25) is 0 Å². The van der Waals surface area contributed by atoms with Crippen LogP contribution in [0.4, 0.5) is 4.39 Å². The minimum Gasteiger partial charge on any atom is -0.482 e. The van der Waals surface area contributed by atoms with Crippen molar-refractivity contribution in [3.63, 3.8) is 0 Å². The highest BCUT2D eigenvalue weighted by Crippen LogP contribution is 2.28. The molecule has 0 atom stereocenters. The van der Waals surface area contributed by atoms with Crippen molar-refractivity contribution in [1.29, 1.82) is 0 Å². The van der Waals surface area contributed by atoms with Gasteiger partial charge in [0.15, 0.2) is 11.8 Å². The van der Waals surface area contributed by atoms with Gasteiger partial charge in [0.25, 0.3) is 5.91 Å². The van der Waals surface area contributed by atoms with Crippen LogP contribution in [-0.4, -0.2) is 35.7 Å². The number of benzene rings is 2. The Morgan fingerprint density at radius 2 is 2.04 bits per heavy atom. The van der Waals surface area contributed by atoms with Gasteiger partial charge in [0.05, 0.1) is 11.6 Å². The number of rotatable bonds is 5. The Hall–Kier alpha value is -1.47. The quantitative estimate of drug-likeness (QED) is 0.625. The molecule has 1 heterocycles. The van der Waals surface area contributed by atoms with Crippen molar-refractivity contribution < 1.29 is 13.9 Å². The molecule has 9 heteroatoms. The molecule has 0 bridgehead atoms. The molecule has 1 aliphatic rings. The zero-order chi connectivity index (χ0) is 19.4. The maximum Gasteiger partial charge on any atom is 0.266 e. The zero-order valence-electron chi connectivity index (χ0n) is 13.9. The summed E-state index contributed by atoms with van der Waals surface area (Å²) in [4.78, 5) is 18.3. The number of amides is 1. The van der Waals surface area contributed by atoms with Crippen molar-refractivity contribution in [2.75, 3.05) is 19.7 Å². The predicted octanol–water partition coefficient (Wildman–Crippen LogP) is 5.30. The zero-order valence-corrected chi connectivity index (χ0v) is 17.0. The summed E-state index contributed by atoms with van der Waals surface area (Å²) < 4.78 is 19.4. The van der Waals surface area contributed by atoms with Gasteiger partial charge < -0.3 is 4.74 Å². The van der Waals surface area contributed by atoms with Crippen molar-refractivity contribution in [3.05, 3.63) is 62.8 Å². The summed E-state index contributed by atoms with van der Waals surface area (Å²) in [5.41, 5.74) is 0.385. The van der Waals surface area contributed by atoms with Gasteiger partial charge in [-0.15, -0.1) is 0 Å². The maximum atomic E-state index is 13.9. The molecule has 4 nitrogen and oxygen atoms in total. The summed E-state index contributed by atoms with van der Waals surface area (Å²) in [5.74, 6) is 0.00678. The first-order chi connectivity index (χ1) is 13.0. The molecule has 27 heavy (non-hydrogen) atoms. The number of carbonyl (C=O) groups is 1. The van der Waals surface area contributed by atoms with Gasteiger partial charge in [-0.1, -0.05) is 52.6 Å². The fraction of sp³-hybridized carbons (Fsp3) is 0.222. The summed E-state index contributed by atoms with van der Waals surface area (Å²) in [6.07, 6.45) is 0. The number of carbonyl (C=O) groups excluding carboxylic acids is 1. The molecule has 1 aliphatic heterocycles. The molecule has 0 aromatic heterocycles. The topological polar surface area (TPSA) is 41.9 Å². The van der Waals surface area contributed by atoms with Crippen LogP contribution < -0.4 is 4.74 Å². The van der Waals surface area contributed by atoms with Crippen LogP contribution in [-0.2, 0) is 10.5 Å². The van der Waals surface area contributed by atoms with E-state index < -0.39 is 0 Å². The standard InChI is InChI=1S/C18H14Cl3FN2O2S/c19-11-4-5-16(14(21)8-11)26-9-17(25)24-7-6-23-18(24)27-10-12-13(20)2-1-3-15(12)22/h1-5,8H,6-7,9-10H2. The lowest BCUT2D eigenvalue weighted by Crippen LogP contribution is -2.36. The molecule has 0 N–H and O–H groups in total. The summed E-state index contributed by atoms with van der Waals surface area (Å²) in [6.45, 7) is 0.742. The number of ether oxygens (including phenoxy) is 1. The van der Waals surface area contributed by atoms with Crippen molar-refractivity contribution in [1.82, 2.24) is 4.90 Å². The van der Waals surface area contributed by atoms with Crippen LogP contribution in [0.1, 0.15) is 5.56 Å². The highest BCUT2D eigenvalue weighted by atomic mass is 35.5. The molecule has 3 rings (SSSR count). The maximum absolute atomic E-state index is 13.9. The molecule has 2 aromatic rings. The molecule has 2 aromatic carbocycles. The third kappa shape index (κ3) is 5.08. The van der Waals surface area contributed by atoms with E-state index in [0.717, 1.165) is 0 Å². The number of amidine groups is 1. The molecule has 0 radical (unpaired) electrons. The molecule has 0 unspecified atom stereocenters. The number of aliphatic imine (C=N–C) groups is 1. The Kier molecular flexibility index (Phi) is 6.87. The van der Waals surface area contributed by atoms with Gasteiger partial charge in [-0.05, 0) is 30.3 Å². The Balaban J connectivity index is 1.59. The molecule has 0 saturated heterocycles. The van der Waals surface area contributed by atoms with E-state index in [2.05, 4.69) is 4.99 Å². The number of nitrogens with zero attached hydrogens (tertiary/aromatic N) is 2. The summed E-state index contributed by atoms with van der Waals surface area (Å²) >= 11 is 19.2. The van der Waals surface area contributed by atoms with E-state index in [4.69, 9.17) is 39.5 Å². The monoisotopic (exact) mass is 446 g/mol. The van der Waals surface area contributed by atoms with E-state index in [-0.39, 0.29) is 24.1 Å². The first kappa shape index (κ1) is 20.3. The van der Waals surface area contributed by atoms with Crippen LogP contribution in [0, 0.1) is 5.82 Å². The van der Waals surface area contributed by atoms with E-state index in [1.807, 2.05) is 0 Å².